The molecular formula is C34H36Cl2FN4O3+. The number of carbonyl (C=O) groups excluding carboxylic acids is 1. The second-order valence-corrected chi connectivity index (χ2v) is 14.0. The monoisotopic (exact) mass is 637 g/mol. The molecule has 44 heavy (non-hydrogen) atoms. The van der Waals surface area contributed by atoms with Gasteiger partial charge in [0.15, 0.2) is 0 Å². The number of fused-ring (bicyclic) bond motifs is 6. The van der Waals surface area contributed by atoms with E-state index in [0.29, 0.717) is 51.6 Å². The zero-order valence-corrected chi connectivity index (χ0v) is 27.1. The summed E-state index contributed by atoms with van der Waals surface area (Å²) in [7, 11) is 1.46. The van der Waals surface area contributed by atoms with Gasteiger partial charge in [-0.15, -0.1) is 5.43 Å². The number of anilines is 1. The first-order valence-electron chi connectivity index (χ1n) is 14.6. The highest BCUT2D eigenvalue weighted by Gasteiger charge is 2.67. The summed E-state index contributed by atoms with van der Waals surface area (Å²) >= 11 is 13.1. The first kappa shape index (κ1) is 31.7. The maximum atomic E-state index is 16.3. The lowest BCUT2D eigenvalue weighted by Crippen LogP contribution is -2.43. The van der Waals surface area contributed by atoms with Crippen LogP contribution >= 0.6 is 23.2 Å². The molecule has 3 aromatic rings. The molecule has 0 aromatic heterocycles. The van der Waals surface area contributed by atoms with Crippen LogP contribution in [0, 0.1) is 33.4 Å². The molecule has 5 rings (SSSR count). The summed E-state index contributed by atoms with van der Waals surface area (Å²) in [5.74, 6) is -1.75. The molecule has 2 aliphatic rings. The Bertz CT molecular complexity index is 1700. The van der Waals surface area contributed by atoms with E-state index in [2.05, 4.69) is 37.6 Å². The number of hydrogen-bond donors (Lipinski definition) is 2. The fourth-order valence-electron chi connectivity index (χ4n) is 7.13. The first-order valence-corrected chi connectivity index (χ1v) is 15.4. The van der Waals surface area contributed by atoms with Crippen LogP contribution in [0.1, 0.15) is 74.9 Å². The van der Waals surface area contributed by atoms with E-state index >= 15 is 4.39 Å². The van der Waals surface area contributed by atoms with Gasteiger partial charge < -0.3 is 10.1 Å². The highest BCUT2D eigenvalue weighted by atomic mass is 35.5. The number of amides is 1. The Morgan fingerprint density at radius 2 is 1.91 bits per heavy atom. The van der Waals surface area contributed by atoms with Crippen LogP contribution in [-0.4, -0.2) is 30.0 Å². The average Bonchev–Trinajstić information content (AvgIpc) is 3.28. The molecule has 230 valence electrons. The van der Waals surface area contributed by atoms with E-state index in [1.807, 2.05) is 19.9 Å². The molecule has 0 aliphatic heterocycles. The Balaban J connectivity index is 1.65. The third-order valence-corrected chi connectivity index (χ3v) is 9.27. The maximum Gasteiger partial charge on any atom is 0.251 e. The van der Waals surface area contributed by atoms with Crippen LogP contribution in [0.5, 0.6) is 5.75 Å². The predicted octanol–water partition coefficient (Wildman–Crippen LogP) is 8.44. The smallest absolute Gasteiger partial charge is 0.251 e. The molecule has 0 radical (unpaired) electrons. The topological polar surface area (TPSA) is 94.2 Å². The van der Waals surface area contributed by atoms with Crippen molar-refractivity contribution in [3.8, 4) is 22.9 Å². The van der Waals surface area contributed by atoms with E-state index in [4.69, 9.17) is 27.9 Å². The van der Waals surface area contributed by atoms with Crippen molar-refractivity contribution in [1.29, 1.82) is 5.26 Å². The number of carbonyl (C=O) groups is 1. The number of nitrogens with one attached hydrogen (secondary N) is 2. The number of rotatable bonds is 7. The van der Waals surface area contributed by atoms with Crippen molar-refractivity contribution in [3.63, 3.8) is 0 Å². The standard InChI is InChI=1S/C34H35Cl2FN4O3/c1-18(2)39-32(42)19-10-13-25(27(14-19)44-6)40-41(43)26-15-20(16-33(3,4)5)34(17-38)29(26)21-8-7-9-23(35)28(21)22-11-12-24(36)31(37)30(22)34/h7-14,18,20,26,29H,15-16H2,1-6H3,(H-,39,40,42,43)/p+1/t20-,26+,29-,34-/m0/s1. The van der Waals surface area contributed by atoms with Gasteiger partial charge in [-0.05, 0) is 73.1 Å². The molecule has 3 aromatic carbocycles. The van der Waals surface area contributed by atoms with Crippen LogP contribution < -0.4 is 15.5 Å². The van der Waals surface area contributed by atoms with E-state index < -0.39 is 23.2 Å². The quantitative estimate of drug-likeness (QED) is 0.200. The van der Waals surface area contributed by atoms with E-state index in [-0.39, 0.29) is 33.9 Å². The van der Waals surface area contributed by atoms with Gasteiger partial charge >= 0.3 is 0 Å². The summed E-state index contributed by atoms with van der Waals surface area (Å²) in [6, 6.07) is 15.1. The molecule has 7 nitrogen and oxygen atoms in total. The number of ether oxygens (including phenoxy) is 1. The Morgan fingerprint density at radius 3 is 2.55 bits per heavy atom. The highest BCUT2D eigenvalue weighted by Crippen LogP contribution is 2.64. The van der Waals surface area contributed by atoms with Gasteiger partial charge in [-0.3, -0.25) is 4.79 Å². The van der Waals surface area contributed by atoms with Crippen LogP contribution in [0.2, 0.25) is 10.0 Å². The third-order valence-electron chi connectivity index (χ3n) is 8.66. The van der Waals surface area contributed by atoms with E-state index in [1.165, 1.54) is 13.2 Å². The van der Waals surface area contributed by atoms with Crippen molar-refractivity contribution in [2.75, 3.05) is 12.5 Å². The number of nitriles is 1. The van der Waals surface area contributed by atoms with E-state index in [1.54, 1.807) is 36.4 Å². The highest BCUT2D eigenvalue weighted by molar-refractivity contribution is 6.34. The zero-order valence-electron chi connectivity index (χ0n) is 25.6. The van der Waals surface area contributed by atoms with Crippen LogP contribution in [0.4, 0.5) is 10.1 Å². The Hall–Kier alpha value is -3.67. The molecule has 1 amide bonds. The second-order valence-electron chi connectivity index (χ2n) is 13.2. The van der Waals surface area contributed by atoms with Crippen molar-refractivity contribution >= 4 is 34.8 Å². The van der Waals surface area contributed by atoms with Gasteiger partial charge in [0.05, 0.1) is 29.0 Å². The van der Waals surface area contributed by atoms with Crippen LogP contribution in [0.15, 0.2) is 48.5 Å². The summed E-state index contributed by atoms with van der Waals surface area (Å²) in [5.41, 5.74) is 4.06. The van der Waals surface area contributed by atoms with E-state index in [0.717, 1.165) is 4.87 Å². The average molecular weight is 639 g/mol. The van der Waals surface area contributed by atoms with E-state index in [9.17, 15) is 15.0 Å². The second kappa shape index (κ2) is 11.7. The Labute approximate surface area is 267 Å². The summed E-state index contributed by atoms with van der Waals surface area (Å²) < 4.78 is 21.8. The van der Waals surface area contributed by atoms with Gasteiger partial charge in [-0.2, -0.15) is 5.26 Å². The molecule has 10 heteroatoms. The van der Waals surface area contributed by atoms with Crippen LogP contribution in [0.3, 0.4) is 0 Å². The lowest BCUT2D eigenvalue weighted by atomic mass is 9.58. The normalized spacial score (nSPS) is 22.0. The molecule has 0 saturated heterocycles. The van der Waals surface area contributed by atoms with Crippen molar-refractivity contribution in [2.45, 2.75) is 70.9 Å². The third kappa shape index (κ3) is 5.31. The van der Waals surface area contributed by atoms with Crippen molar-refractivity contribution in [1.82, 2.24) is 5.32 Å². The fraction of sp³-hybridized carbons (Fsp3) is 0.412. The van der Waals surface area contributed by atoms with Crippen LogP contribution in [0.25, 0.3) is 11.1 Å². The lowest BCUT2D eigenvalue weighted by molar-refractivity contribution is -0.560. The minimum Gasteiger partial charge on any atom is -0.494 e. The molecule has 0 heterocycles. The minimum atomic E-state index is -1.40. The van der Waals surface area contributed by atoms with Crippen molar-refractivity contribution in [2.24, 2.45) is 11.3 Å². The van der Waals surface area contributed by atoms with Crippen molar-refractivity contribution < 1.29 is 18.8 Å². The number of methoxy groups -OCH3 is 1. The Morgan fingerprint density at radius 1 is 1.18 bits per heavy atom. The number of nitroso groups, excluding NO2 is 1. The number of halogens is 3. The number of nitrogens with zero attached hydrogens (tertiary/aromatic N) is 2. The molecule has 1 fully saturated rings. The molecule has 0 unspecified atom stereocenters. The van der Waals surface area contributed by atoms with Gasteiger partial charge in [0.25, 0.3) is 5.91 Å². The molecular weight excluding hydrogens is 602 g/mol. The number of hydrazine groups is 1. The van der Waals surface area contributed by atoms with Gasteiger partial charge in [0, 0.05) is 34.2 Å². The molecule has 0 bridgehead atoms. The predicted molar refractivity (Wildman–Crippen MR) is 171 cm³/mol. The molecule has 1 saturated carbocycles. The molecule has 4 atom stereocenters. The van der Waals surface area contributed by atoms with Gasteiger partial charge in [-0.1, -0.05) is 62.2 Å². The SMILES string of the molecule is COc1cc(C(=O)NC(C)C)ccc1N[N+](=O)[C@@H]1C[C@@H](CC(C)(C)C)[C@]2(C#N)c3c(ccc(Cl)c3F)-c3c(Cl)cccc3[C@@H]12. The first-order chi connectivity index (χ1) is 20.7. The molecule has 0 spiro atoms. The van der Waals surface area contributed by atoms with Gasteiger partial charge in [-0.25, -0.2) is 4.39 Å². The van der Waals surface area contributed by atoms with Gasteiger partial charge in [0.2, 0.25) is 6.04 Å². The maximum absolute atomic E-state index is 16.3. The zero-order chi connectivity index (χ0) is 32.1. The number of benzene rings is 3. The summed E-state index contributed by atoms with van der Waals surface area (Å²) in [6.45, 7) is 9.94. The molecule has 2 N–H and O–H groups in total. The van der Waals surface area contributed by atoms with Crippen molar-refractivity contribution in [3.05, 3.63) is 86.0 Å². The fourth-order valence-corrected chi connectivity index (χ4v) is 7.58. The summed E-state index contributed by atoms with van der Waals surface area (Å²) in [5, 5.41) is 14.3. The summed E-state index contributed by atoms with van der Waals surface area (Å²) in [4.78, 5) is 27.6. The lowest BCUT2D eigenvalue weighted by Gasteiger charge is -2.42. The minimum absolute atomic E-state index is 0.0519. The Kier molecular flexibility index (Phi) is 8.43. The number of hydrogen-bond acceptors (Lipinski definition) is 4. The largest absolute Gasteiger partial charge is 0.494 e. The molecule has 2 aliphatic carbocycles. The van der Waals surface area contributed by atoms with Crippen LogP contribution in [-0.2, 0) is 5.41 Å². The summed E-state index contributed by atoms with van der Waals surface area (Å²) in [6.07, 6.45) is 0.867. The van der Waals surface area contributed by atoms with Gasteiger partial charge in [0.1, 0.15) is 27.5 Å².